The molecular weight excluding hydrogens is 468 g/mol. The minimum atomic E-state index is -1.24. The van der Waals surface area contributed by atoms with Crippen LogP contribution in [0.15, 0.2) is 78.0 Å². The Morgan fingerprint density at radius 3 is 2.51 bits per heavy atom. The van der Waals surface area contributed by atoms with Crippen molar-refractivity contribution in [1.29, 1.82) is 0 Å². The van der Waals surface area contributed by atoms with Gasteiger partial charge in [-0.15, -0.1) is 10.2 Å². The van der Waals surface area contributed by atoms with Crippen molar-refractivity contribution in [3.8, 4) is 28.6 Å². The number of rotatable bonds is 8. The van der Waals surface area contributed by atoms with Gasteiger partial charge in [0.25, 0.3) is 0 Å². The standard InChI is InChI=1S/C25H20N4O5S/c30-22(26-13-16-6-8-17(9-7-16)24(31)32)14-35-25-28-27-23(29(25)19-4-2-1-3-5-19)18-10-11-20-21(12-18)34-15-33-20/h1-12H,13-15H2,(H,26,30)(H,31,32)/p-1. The van der Waals surface area contributed by atoms with Crippen LogP contribution in [0.1, 0.15) is 15.9 Å². The summed E-state index contributed by atoms with van der Waals surface area (Å²) in [5, 5.41) is 23.0. The van der Waals surface area contributed by atoms with Crippen LogP contribution in [0.3, 0.4) is 0 Å². The lowest BCUT2D eigenvalue weighted by Crippen LogP contribution is -2.25. The summed E-state index contributed by atoms with van der Waals surface area (Å²) in [5.41, 5.74) is 2.54. The number of carbonyl (C=O) groups is 2. The molecule has 0 unspecified atom stereocenters. The summed E-state index contributed by atoms with van der Waals surface area (Å²) in [6, 6.07) is 21.4. The summed E-state index contributed by atoms with van der Waals surface area (Å²) >= 11 is 1.27. The number of hydrogen-bond donors (Lipinski definition) is 1. The van der Waals surface area contributed by atoms with Gasteiger partial charge in [-0.1, -0.05) is 54.2 Å². The first-order chi connectivity index (χ1) is 17.1. The number of fused-ring (bicyclic) bond motifs is 1. The third-order valence-corrected chi connectivity index (χ3v) is 6.22. The second-order valence-electron chi connectivity index (χ2n) is 7.59. The molecule has 1 N–H and O–H groups in total. The van der Waals surface area contributed by atoms with Crippen molar-refractivity contribution in [3.05, 3.63) is 83.9 Å². The molecule has 176 valence electrons. The fraction of sp³-hybridized carbons (Fsp3) is 0.120. The second kappa shape index (κ2) is 9.90. The van der Waals surface area contributed by atoms with Crippen LogP contribution in [-0.2, 0) is 11.3 Å². The lowest BCUT2D eigenvalue weighted by molar-refractivity contribution is -0.255. The molecule has 1 amide bonds. The SMILES string of the molecule is O=C(CSc1nnc(-c2ccc3c(c2)OCO3)n1-c1ccccc1)NCc1ccc(C(=O)[O-])cc1. The van der Waals surface area contributed by atoms with Crippen molar-refractivity contribution in [2.24, 2.45) is 0 Å². The molecule has 1 aliphatic heterocycles. The predicted octanol–water partition coefficient (Wildman–Crippen LogP) is 2.44. The predicted molar refractivity (Wildman–Crippen MR) is 126 cm³/mol. The number of para-hydroxylation sites is 1. The van der Waals surface area contributed by atoms with Gasteiger partial charge >= 0.3 is 0 Å². The molecule has 1 aliphatic rings. The maximum absolute atomic E-state index is 12.5. The normalized spacial score (nSPS) is 11.9. The van der Waals surface area contributed by atoms with Crippen molar-refractivity contribution in [2.45, 2.75) is 11.7 Å². The largest absolute Gasteiger partial charge is 0.545 e. The number of aromatic nitrogens is 3. The molecule has 2 heterocycles. The lowest BCUT2D eigenvalue weighted by atomic mass is 10.1. The number of hydrogen-bond acceptors (Lipinski definition) is 8. The number of carbonyl (C=O) groups excluding carboxylic acids is 2. The Kier molecular flexibility index (Phi) is 6.36. The summed E-state index contributed by atoms with van der Waals surface area (Å²) in [7, 11) is 0. The van der Waals surface area contributed by atoms with Gasteiger partial charge in [-0.25, -0.2) is 0 Å². The molecule has 35 heavy (non-hydrogen) atoms. The van der Waals surface area contributed by atoms with Crippen molar-refractivity contribution >= 4 is 23.6 Å². The number of amides is 1. The lowest BCUT2D eigenvalue weighted by Gasteiger charge is -2.11. The molecule has 0 atom stereocenters. The average molecular weight is 488 g/mol. The molecule has 5 rings (SSSR count). The summed E-state index contributed by atoms with van der Waals surface area (Å²) in [6.45, 7) is 0.460. The third kappa shape index (κ3) is 4.97. The van der Waals surface area contributed by atoms with E-state index in [1.54, 1.807) is 12.1 Å². The maximum atomic E-state index is 12.5. The minimum absolute atomic E-state index is 0.0918. The summed E-state index contributed by atoms with van der Waals surface area (Å²) in [4.78, 5) is 23.4. The zero-order chi connectivity index (χ0) is 24.2. The van der Waals surface area contributed by atoms with E-state index < -0.39 is 5.97 Å². The van der Waals surface area contributed by atoms with Gasteiger partial charge in [-0.3, -0.25) is 9.36 Å². The smallest absolute Gasteiger partial charge is 0.231 e. The van der Waals surface area contributed by atoms with Gasteiger partial charge in [0.2, 0.25) is 12.7 Å². The molecule has 0 radical (unpaired) electrons. The first kappa shape index (κ1) is 22.5. The molecule has 1 aromatic heterocycles. The van der Waals surface area contributed by atoms with Crippen LogP contribution in [0, 0.1) is 0 Å². The van der Waals surface area contributed by atoms with Crippen LogP contribution in [0.5, 0.6) is 11.5 Å². The van der Waals surface area contributed by atoms with Gasteiger partial charge in [0.15, 0.2) is 22.5 Å². The molecule has 0 spiro atoms. The highest BCUT2D eigenvalue weighted by molar-refractivity contribution is 7.99. The first-order valence-corrected chi connectivity index (χ1v) is 11.7. The first-order valence-electron chi connectivity index (χ1n) is 10.7. The molecule has 4 aromatic rings. The molecule has 10 heteroatoms. The van der Waals surface area contributed by atoms with Crippen LogP contribution in [0.2, 0.25) is 0 Å². The second-order valence-corrected chi connectivity index (χ2v) is 8.54. The van der Waals surface area contributed by atoms with E-state index in [4.69, 9.17) is 9.47 Å². The van der Waals surface area contributed by atoms with E-state index in [2.05, 4.69) is 15.5 Å². The summed E-state index contributed by atoms with van der Waals surface area (Å²) in [5.74, 6) is 0.645. The topological polar surface area (TPSA) is 118 Å². The zero-order valence-electron chi connectivity index (χ0n) is 18.3. The molecule has 0 saturated heterocycles. The van der Waals surface area contributed by atoms with Crippen LogP contribution < -0.4 is 19.9 Å². The maximum Gasteiger partial charge on any atom is 0.231 e. The zero-order valence-corrected chi connectivity index (χ0v) is 19.2. The fourth-order valence-corrected chi connectivity index (χ4v) is 4.32. The van der Waals surface area contributed by atoms with Gasteiger partial charge < -0.3 is 24.7 Å². The fourth-order valence-electron chi connectivity index (χ4n) is 3.54. The van der Waals surface area contributed by atoms with Crippen molar-refractivity contribution in [2.75, 3.05) is 12.5 Å². The number of nitrogens with zero attached hydrogens (tertiary/aromatic N) is 3. The number of carboxylic acid groups (broad SMARTS) is 1. The number of benzene rings is 3. The Labute approximate surface area is 204 Å². The van der Waals surface area contributed by atoms with Gasteiger partial charge in [-0.05, 0) is 41.5 Å². The number of carboxylic acids is 1. The van der Waals surface area contributed by atoms with E-state index in [1.807, 2.05) is 53.1 Å². The molecular formula is C25H19N4O5S-. The van der Waals surface area contributed by atoms with Crippen LogP contribution in [-0.4, -0.2) is 39.2 Å². The van der Waals surface area contributed by atoms with Gasteiger partial charge in [0.05, 0.1) is 11.7 Å². The molecule has 3 aromatic carbocycles. The molecule has 0 aliphatic carbocycles. The average Bonchev–Trinajstić information content (AvgIpc) is 3.53. The van der Waals surface area contributed by atoms with Crippen molar-refractivity contribution in [3.63, 3.8) is 0 Å². The summed E-state index contributed by atoms with van der Waals surface area (Å²) < 4.78 is 12.8. The Hall–Kier alpha value is -4.31. The summed E-state index contributed by atoms with van der Waals surface area (Å²) in [6.07, 6.45) is 0. The van der Waals surface area contributed by atoms with E-state index in [1.165, 1.54) is 23.9 Å². The number of ether oxygens (including phenoxy) is 2. The Bertz CT molecular complexity index is 1370. The Balaban J connectivity index is 1.31. The van der Waals surface area contributed by atoms with E-state index in [0.29, 0.717) is 22.5 Å². The van der Waals surface area contributed by atoms with E-state index in [0.717, 1.165) is 16.8 Å². The van der Waals surface area contributed by atoms with Crippen LogP contribution in [0.4, 0.5) is 0 Å². The van der Waals surface area contributed by atoms with E-state index in [-0.39, 0.29) is 30.6 Å². The Morgan fingerprint density at radius 1 is 0.971 bits per heavy atom. The highest BCUT2D eigenvalue weighted by Crippen LogP contribution is 2.37. The van der Waals surface area contributed by atoms with E-state index in [9.17, 15) is 14.7 Å². The van der Waals surface area contributed by atoms with Crippen molar-refractivity contribution in [1.82, 2.24) is 20.1 Å². The quantitative estimate of drug-likeness (QED) is 0.377. The molecule has 9 nitrogen and oxygen atoms in total. The Morgan fingerprint density at radius 2 is 1.74 bits per heavy atom. The molecule has 0 fully saturated rings. The van der Waals surface area contributed by atoms with Gasteiger partial charge in [0, 0.05) is 17.8 Å². The highest BCUT2D eigenvalue weighted by Gasteiger charge is 2.20. The number of nitrogens with one attached hydrogen (secondary N) is 1. The minimum Gasteiger partial charge on any atom is -0.545 e. The molecule has 0 saturated carbocycles. The number of thioether (sulfide) groups is 1. The van der Waals surface area contributed by atoms with Gasteiger partial charge in [0.1, 0.15) is 0 Å². The molecule has 0 bridgehead atoms. The van der Waals surface area contributed by atoms with Gasteiger partial charge in [-0.2, -0.15) is 0 Å². The monoisotopic (exact) mass is 487 g/mol. The van der Waals surface area contributed by atoms with Crippen molar-refractivity contribution < 1.29 is 24.2 Å². The van der Waals surface area contributed by atoms with Crippen LogP contribution in [0.25, 0.3) is 17.1 Å². The highest BCUT2D eigenvalue weighted by atomic mass is 32.2. The number of aromatic carboxylic acids is 1. The van der Waals surface area contributed by atoms with Crippen LogP contribution >= 0.6 is 11.8 Å². The third-order valence-electron chi connectivity index (χ3n) is 5.29. The van der Waals surface area contributed by atoms with E-state index >= 15 is 0 Å².